The Morgan fingerprint density at radius 3 is 2.62 bits per heavy atom. The molecular weight excluding hydrogens is 206 g/mol. The van der Waals surface area contributed by atoms with Crippen molar-refractivity contribution in [3.8, 4) is 5.75 Å². The zero-order valence-electron chi connectivity index (χ0n) is 9.40. The third-order valence-electron chi connectivity index (χ3n) is 3.28. The number of hydrogen-bond donors (Lipinski definition) is 2. The molecule has 0 bridgehead atoms. The summed E-state index contributed by atoms with van der Waals surface area (Å²) in [5.41, 5.74) is 1.50. The van der Waals surface area contributed by atoms with Crippen molar-refractivity contribution in [1.82, 2.24) is 4.98 Å². The molecule has 2 rings (SSSR count). The van der Waals surface area contributed by atoms with Crippen LogP contribution in [0, 0.1) is 0 Å². The zero-order valence-corrected chi connectivity index (χ0v) is 9.40. The monoisotopic (exact) mass is 221 g/mol. The molecular formula is C12H15NO3. The number of fused-ring (bicyclic) bond motifs is 1. The molecule has 86 valence electrons. The molecule has 2 atom stereocenters. The van der Waals surface area contributed by atoms with Crippen LogP contribution in [0.5, 0.6) is 5.75 Å². The number of aromatic nitrogens is 1. The normalized spacial score (nSPS) is 23.9. The quantitative estimate of drug-likeness (QED) is 0.764. The molecule has 2 unspecified atom stereocenters. The van der Waals surface area contributed by atoms with E-state index in [1.807, 2.05) is 13.8 Å². The van der Waals surface area contributed by atoms with E-state index in [4.69, 9.17) is 5.11 Å². The van der Waals surface area contributed by atoms with Crippen molar-refractivity contribution >= 4 is 5.97 Å². The van der Waals surface area contributed by atoms with Gasteiger partial charge in [0, 0.05) is 11.6 Å². The minimum absolute atomic E-state index is 0.0708. The van der Waals surface area contributed by atoms with E-state index in [-0.39, 0.29) is 23.3 Å². The Morgan fingerprint density at radius 2 is 2.00 bits per heavy atom. The van der Waals surface area contributed by atoms with Gasteiger partial charge in [-0.1, -0.05) is 13.8 Å². The molecule has 2 N–H and O–H groups in total. The zero-order chi connectivity index (χ0) is 11.9. The van der Waals surface area contributed by atoms with Crippen molar-refractivity contribution in [3.05, 3.63) is 23.0 Å². The minimum Gasteiger partial charge on any atom is -0.508 e. The molecule has 0 spiro atoms. The largest absolute Gasteiger partial charge is 0.508 e. The highest BCUT2D eigenvalue weighted by molar-refractivity contribution is 5.86. The number of hydrogen-bond acceptors (Lipinski definition) is 3. The smallest absolute Gasteiger partial charge is 0.354 e. The number of carboxylic acids is 1. The summed E-state index contributed by atoms with van der Waals surface area (Å²) in [7, 11) is 0. The second-order valence-corrected chi connectivity index (χ2v) is 4.51. The average molecular weight is 221 g/mol. The Morgan fingerprint density at radius 1 is 1.38 bits per heavy atom. The average Bonchev–Trinajstić information content (AvgIpc) is 2.22. The van der Waals surface area contributed by atoms with Crippen molar-refractivity contribution in [1.29, 1.82) is 0 Å². The van der Waals surface area contributed by atoms with E-state index in [9.17, 15) is 9.90 Å². The number of aromatic carboxylic acids is 1. The first-order chi connectivity index (χ1) is 7.50. The topological polar surface area (TPSA) is 70.4 Å². The number of nitrogens with zero attached hydrogens (tertiary/aromatic N) is 1. The van der Waals surface area contributed by atoms with Crippen LogP contribution in [-0.2, 0) is 0 Å². The molecule has 0 saturated heterocycles. The maximum atomic E-state index is 10.9. The Hall–Kier alpha value is -1.58. The van der Waals surface area contributed by atoms with Crippen LogP contribution < -0.4 is 0 Å². The fraction of sp³-hybridized carbons (Fsp3) is 0.500. The summed E-state index contributed by atoms with van der Waals surface area (Å²) in [6, 6.07) is 1.25. The van der Waals surface area contributed by atoms with Gasteiger partial charge in [-0.15, -0.1) is 0 Å². The summed E-state index contributed by atoms with van der Waals surface area (Å²) in [5.74, 6) is -0.553. The molecule has 1 aromatic rings. The fourth-order valence-electron chi connectivity index (χ4n) is 2.33. The van der Waals surface area contributed by atoms with E-state index in [1.54, 1.807) is 0 Å². The van der Waals surface area contributed by atoms with E-state index in [1.165, 1.54) is 6.07 Å². The third kappa shape index (κ3) is 1.64. The van der Waals surface area contributed by atoms with Crippen LogP contribution in [0.4, 0.5) is 0 Å². The first-order valence-corrected chi connectivity index (χ1v) is 5.47. The van der Waals surface area contributed by atoms with Crippen molar-refractivity contribution in [2.75, 3.05) is 0 Å². The lowest BCUT2D eigenvalue weighted by Gasteiger charge is -2.27. The highest BCUT2D eigenvalue weighted by Crippen LogP contribution is 2.41. The molecule has 0 aromatic carbocycles. The highest BCUT2D eigenvalue weighted by atomic mass is 16.4. The first-order valence-electron chi connectivity index (χ1n) is 5.47. The number of pyridine rings is 1. The number of carbonyl (C=O) groups is 1. The predicted octanol–water partition coefficient (Wildman–Crippen LogP) is 2.49. The van der Waals surface area contributed by atoms with Crippen LogP contribution >= 0.6 is 0 Å². The molecule has 1 aliphatic rings. The van der Waals surface area contributed by atoms with E-state index in [0.717, 1.165) is 24.1 Å². The van der Waals surface area contributed by atoms with Gasteiger partial charge in [0.2, 0.25) is 0 Å². The summed E-state index contributed by atoms with van der Waals surface area (Å²) in [6.45, 7) is 4.05. The van der Waals surface area contributed by atoms with Crippen molar-refractivity contribution < 1.29 is 15.0 Å². The van der Waals surface area contributed by atoms with Gasteiger partial charge in [0.25, 0.3) is 0 Å². The van der Waals surface area contributed by atoms with E-state index >= 15 is 0 Å². The van der Waals surface area contributed by atoms with Gasteiger partial charge in [0.15, 0.2) is 5.69 Å². The Bertz CT molecular complexity index is 442. The fourth-order valence-corrected chi connectivity index (χ4v) is 2.33. The van der Waals surface area contributed by atoms with Crippen LogP contribution in [0.2, 0.25) is 0 Å². The molecule has 0 saturated carbocycles. The van der Waals surface area contributed by atoms with Gasteiger partial charge in [-0.3, -0.25) is 0 Å². The van der Waals surface area contributed by atoms with E-state index < -0.39 is 5.97 Å². The summed E-state index contributed by atoms with van der Waals surface area (Å²) in [4.78, 5) is 15.0. The molecule has 1 heterocycles. The van der Waals surface area contributed by atoms with Gasteiger partial charge in [-0.2, -0.15) is 0 Å². The van der Waals surface area contributed by atoms with Crippen LogP contribution in [0.3, 0.4) is 0 Å². The molecule has 0 fully saturated rings. The summed E-state index contributed by atoms with van der Waals surface area (Å²) in [5, 5.41) is 18.8. The molecule has 16 heavy (non-hydrogen) atoms. The minimum atomic E-state index is -1.09. The molecule has 4 nitrogen and oxygen atoms in total. The second kappa shape index (κ2) is 3.77. The predicted molar refractivity (Wildman–Crippen MR) is 58.9 cm³/mol. The van der Waals surface area contributed by atoms with Crippen LogP contribution in [-0.4, -0.2) is 21.2 Å². The molecule has 1 aliphatic carbocycles. The molecule has 0 aliphatic heterocycles. The van der Waals surface area contributed by atoms with Gasteiger partial charge in [0.05, 0.1) is 5.69 Å². The number of aromatic hydroxyl groups is 1. The van der Waals surface area contributed by atoms with Crippen molar-refractivity contribution in [2.24, 2.45) is 0 Å². The first kappa shape index (κ1) is 10.9. The lowest BCUT2D eigenvalue weighted by molar-refractivity contribution is 0.0689. The van der Waals surface area contributed by atoms with Crippen LogP contribution in [0.1, 0.15) is 60.3 Å². The highest BCUT2D eigenvalue weighted by Gasteiger charge is 2.27. The van der Waals surface area contributed by atoms with Gasteiger partial charge >= 0.3 is 5.97 Å². The molecule has 1 aromatic heterocycles. The summed E-state index contributed by atoms with van der Waals surface area (Å²) in [6.07, 6.45) is 2.00. The van der Waals surface area contributed by atoms with Crippen LogP contribution in [0.15, 0.2) is 6.07 Å². The molecule has 4 heteroatoms. The standard InChI is InChI=1S/C12H15NO3/c1-6-3-4-7(2)11-10(6)9(14)5-8(13-11)12(15)16/h5-7H,3-4H2,1-2H3,(H,13,14)(H,15,16). The van der Waals surface area contributed by atoms with Crippen molar-refractivity contribution in [2.45, 2.75) is 38.5 Å². The maximum Gasteiger partial charge on any atom is 0.354 e. The van der Waals surface area contributed by atoms with Crippen molar-refractivity contribution in [3.63, 3.8) is 0 Å². The van der Waals surface area contributed by atoms with E-state index in [0.29, 0.717) is 0 Å². The molecule has 0 radical (unpaired) electrons. The van der Waals surface area contributed by atoms with Gasteiger partial charge < -0.3 is 10.2 Å². The van der Waals surface area contributed by atoms with Gasteiger partial charge in [-0.25, -0.2) is 9.78 Å². The summed E-state index contributed by atoms with van der Waals surface area (Å²) < 4.78 is 0. The Kier molecular flexibility index (Phi) is 2.58. The number of rotatable bonds is 1. The second-order valence-electron chi connectivity index (χ2n) is 4.51. The Labute approximate surface area is 93.9 Å². The lowest BCUT2D eigenvalue weighted by atomic mass is 9.80. The van der Waals surface area contributed by atoms with Crippen LogP contribution in [0.25, 0.3) is 0 Å². The maximum absolute atomic E-state index is 10.9. The lowest BCUT2D eigenvalue weighted by Crippen LogP contribution is -2.15. The summed E-state index contributed by atoms with van der Waals surface area (Å²) >= 11 is 0. The Balaban J connectivity index is 2.61. The van der Waals surface area contributed by atoms with Gasteiger partial charge in [-0.05, 0) is 24.7 Å². The van der Waals surface area contributed by atoms with Gasteiger partial charge in [0.1, 0.15) is 5.75 Å². The SMILES string of the molecule is CC1CCC(C)c2c(O)cc(C(=O)O)nc21. The van der Waals surface area contributed by atoms with E-state index in [2.05, 4.69) is 4.98 Å². The third-order valence-corrected chi connectivity index (χ3v) is 3.28. The number of carboxylic acid groups (broad SMARTS) is 1. The molecule has 0 amide bonds.